The Morgan fingerprint density at radius 2 is 1.81 bits per heavy atom. The van der Waals surface area contributed by atoms with Crippen molar-refractivity contribution in [2.45, 2.75) is 6.17 Å². The first-order chi connectivity index (χ1) is 13.0. The summed E-state index contributed by atoms with van der Waals surface area (Å²) in [6, 6.07) is 11.1. The Morgan fingerprint density at radius 1 is 1.11 bits per heavy atom. The van der Waals surface area contributed by atoms with Crippen LogP contribution < -0.4 is 0 Å². The molecule has 1 amide bonds. The quantitative estimate of drug-likeness (QED) is 0.497. The van der Waals surface area contributed by atoms with E-state index in [0.29, 0.717) is 0 Å². The summed E-state index contributed by atoms with van der Waals surface area (Å²) in [6.07, 6.45) is 0.948. The third-order valence-electron chi connectivity index (χ3n) is 4.17. The number of rotatable bonds is 3. The molecular formula is C19H13F2IN2O3. The van der Waals surface area contributed by atoms with Gasteiger partial charge in [-0.3, -0.25) is 9.69 Å². The fraction of sp³-hybridized carbons (Fsp3) is 0.158. The molecule has 2 aliphatic heterocycles. The zero-order valence-corrected chi connectivity index (χ0v) is 16.0. The zero-order valence-electron chi connectivity index (χ0n) is 13.9. The second-order valence-corrected chi connectivity index (χ2v) is 7.18. The van der Waals surface area contributed by atoms with Crippen LogP contribution in [0.5, 0.6) is 0 Å². The minimum absolute atomic E-state index is 0.000401. The second-order valence-electron chi connectivity index (χ2n) is 5.93. The van der Waals surface area contributed by atoms with Gasteiger partial charge in [0.25, 0.3) is 5.91 Å². The van der Waals surface area contributed by atoms with Crippen LogP contribution in [0.25, 0.3) is 6.08 Å². The highest BCUT2D eigenvalue weighted by Crippen LogP contribution is 2.25. The summed E-state index contributed by atoms with van der Waals surface area (Å²) in [5.41, 5.74) is 0.503. The van der Waals surface area contributed by atoms with Gasteiger partial charge in [0.15, 0.2) is 18.7 Å². The number of carbonyl (C=O) groups excluding carboxylic acids is 1. The highest BCUT2D eigenvalue weighted by molar-refractivity contribution is 14.1. The average Bonchev–Trinajstić information content (AvgIpc) is 3.24. The maximum absolute atomic E-state index is 13.9. The SMILES string of the molecule is O=C1C(=Cc2ccc(I)cc2)OCN1C1COC(c2c(F)cccc2F)=N1. The molecule has 1 unspecified atom stereocenters. The van der Waals surface area contributed by atoms with Crippen LogP contribution in [0.4, 0.5) is 8.78 Å². The number of halogens is 3. The lowest BCUT2D eigenvalue weighted by molar-refractivity contribution is -0.126. The van der Waals surface area contributed by atoms with Crippen LogP contribution in [0.2, 0.25) is 0 Å². The van der Waals surface area contributed by atoms with Gasteiger partial charge in [-0.15, -0.1) is 0 Å². The van der Waals surface area contributed by atoms with Gasteiger partial charge < -0.3 is 9.47 Å². The van der Waals surface area contributed by atoms with E-state index in [2.05, 4.69) is 27.6 Å². The molecule has 2 heterocycles. The maximum Gasteiger partial charge on any atom is 0.293 e. The Hall–Kier alpha value is -2.49. The molecule has 0 spiro atoms. The van der Waals surface area contributed by atoms with Crippen molar-refractivity contribution in [1.29, 1.82) is 0 Å². The molecule has 0 bridgehead atoms. The molecule has 1 fully saturated rings. The topological polar surface area (TPSA) is 51.1 Å². The number of nitrogens with zero attached hydrogens (tertiary/aromatic N) is 2. The Balaban J connectivity index is 1.54. The zero-order chi connectivity index (χ0) is 19.0. The van der Waals surface area contributed by atoms with E-state index in [-0.39, 0.29) is 36.5 Å². The third kappa shape index (κ3) is 3.53. The fourth-order valence-corrected chi connectivity index (χ4v) is 3.16. The predicted octanol–water partition coefficient (Wildman–Crippen LogP) is 3.53. The van der Waals surface area contributed by atoms with E-state index in [9.17, 15) is 13.6 Å². The highest BCUT2D eigenvalue weighted by Gasteiger charge is 2.37. The molecule has 1 saturated heterocycles. The average molecular weight is 482 g/mol. The number of ether oxygens (including phenoxy) is 2. The van der Waals surface area contributed by atoms with E-state index in [1.807, 2.05) is 24.3 Å². The van der Waals surface area contributed by atoms with E-state index in [4.69, 9.17) is 9.47 Å². The number of carbonyl (C=O) groups is 1. The first kappa shape index (κ1) is 17.9. The second kappa shape index (κ2) is 7.26. The summed E-state index contributed by atoms with van der Waals surface area (Å²) in [7, 11) is 0. The number of amides is 1. The normalized spacial score (nSPS) is 20.6. The number of benzene rings is 2. The largest absolute Gasteiger partial charge is 0.473 e. The van der Waals surface area contributed by atoms with Crippen molar-refractivity contribution in [2.75, 3.05) is 13.3 Å². The van der Waals surface area contributed by atoms with Crippen molar-refractivity contribution in [2.24, 2.45) is 4.99 Å². The summed E-state index contributed by atoms with van der Waals surface area (Å²) < 4.78 is 39.7. The van der Waals surface area contributed by atoms with E-state index in [1.54, 1.807) is 6.08 Å². The number of hydrogen-bond donors (Lipinski definition) is 0. The van der Waals surface area contributed by atoms with Crippen molar-refractivity contribution >= 4 is 40.5 Å². The molecule has 2 aromatic carbocycles. The fourth-order valence-electron chi connectivity index (χ4n) is 2.80. The van der Waals surface area contributed by atoms with E-state index in [1.165, 1.54) is 11.0 Å². The molecule has 0 radical (unpaired) electrons. The molecule has 2 aromatic rings. The molecule has 1 atom stereocenters. The Bertz CT molecular complexity index is 940. The van der Waals surface area contributed by atoms with Crippen molar-refractivity contribution < 1.29 is 23.0 Å². The van der Waals surface area contributed by atoms with Crippen molar-refractivity contribution in [3.05, 3.63) is 74.6 Å². The third-order valence-corrected chi connectivity index (χ3v) is 4.89. The molecule has 4 rings (SSSR count). The Labute approximate surface area is 167 Å². The van der Waals surface area contributed by atoms with Crippen molar-refractivity contribution in [3.8, 4) is 0 Å². The van der Waals surface area contributed by atoms with E-state index >= 15 is 0 Å². The molecular weight excluding hydrogens is 469 g/mol. The highest BCUT2D eigenvalue weighted by atomic mass is 127. The smallest absolute Gasteiger partial charge is 0.293 e. The van der Waals surface area contributed by atoms with Crippen LogP contribution in [0, 0.1) is 15.2 Å². The lowest BCUT2D eigenvalue weighted by Gasteiger charge is -2.15. The monoisotopic (exact) mass is 482 g/mol. The molecule has 0 saturated carbocycles. The van der Waals surface area contributed by atoms with Crippen LogP contribution in [0.1, 0.15) is 11.1 Å². The molecule has 138 valence electrons. The van der Waals surface area contributed by atoms with Gasteiger partial charge in [0.05, 0.1) is 0 Å². The summed E-state index contributed by atoms with van der Waals surface area (Å²) >= 11 is 2.20. The van der Waals surface area contributed by atoms with Gasteiger partial charge >= 0.3 is 0 Å². The Morgan fingerprint density at radius 3 is 2.52 bits per heavy atom. The van der Waals surface area contributed by atoms with Gasteiger partial charge in [0, 0.05) is 3.57 Å². The first-order valence-corrected chi connectivity index (χ1v) is 9.17. The van der Waals surface area contributed by atoms with Crippen LogP contribution >= 0.6 is 22.6 Å². The molecule has 5 nitrogen and oxygen atoms in total. The molecule has 0 N–H and O–H groups in total. The molecule has 2 aliphatic rings. The van der Waals surface area contributed by atoms with Gasteiger partial charge in [0.1, 0.15) is 23.8 Å². The summed E-state index contributed by atoms with van der Waals surface area (Å²) in [4.78, 5) is 18.1. The number of aliphatic imine (C=N–C) groups is 1. The summed E-state index contributed by atoms with van der Waals surface area (Å²) in [5, 5.41) is 0. The molecule has 27 heavy (non-hydrogen) atoms. The van der Waals surface area contributed by atoms with Crippen molar-refractivity contribution in [1.82, 2.24) is 4.90 Å². The lowest BCUT2D eigenvalue weighted by atomic mass is 10.2. The van der Waals surface area contributed by atoms with Gasteiger partial charge in [-0.05, 0) is 58.5 Å². The Kier molecular flexibility index (Phi) is 4.81. The molecule has 0 aromatic heterocycles. The van der Waals surface area contributed by atoms with Gasteiger partial charge in [0.2, 0.25) is 5.90 Å². The summed E-state index contributed by atoms with van der Waals surface area (Å²) in [6.45, 7) is 0.00855. The molecule has 0 aliphatic carbocycles. The van der Waals surface area contributed by atoms with Gasteiger partial charge in [-0.25, -0.2) is 13.8 Å². The minimum Gasteiger partial charge on any atom is -0.473 e. The maximum atomic E-state index is 13.9. The van der Waals surface area contributed by atoms with Crippen LogP contribution in [0.15, 0.2) is 53.2 Å². The van der Waals surface area contributed by atoms with Gasteiger partial charge in [-0.2, -0.15) is 0 Å². The lowest BCUT2D eigenvalue weighted by Crippen LogP contribution is -2.36. The van der Waals surface area contributed by atoms with Gasteiger partial charge in [-0.1, -0.05) is 18.2 Å². The number of hydrogen-bond acceptors (Lipinski definition) is 4. The van der Waals surface area contributed by atoms with Crippen LogP contribution in [-0.2, 0) is 14.3 Å². The standard InChI is InChI=1S/C19H13F2IN2O3/c20-13-2-1-3-14(21)17(13)18-23-16(9-26-18)24-10-27-15(19(24)25)8-11-4-6-12(22)7-5-11/h1-8,16H,9-10H2. The molecule has 8 heteroatoms. The van der Waals surface area contributed by atoms with Crippen molar-refractivity contribution in [3.63, 3.8) is 0 Å². The summed E-state index contributed by atoms with van der Waals surface area (Å²) in [5.74, 6) is -1.84. The van der Waals surface area contributed by atoms with E-state index in [0.717, 1.165) is 21.3 Å². The van der Waals surface area contributed by atoms with Crippen LogP contribution in [0.3, 0.4) is 0 Å². The van der Waals surface area contributed by atoms with Crippen LogP contribution in [-0.4, -0.2) is 36.2 Å². The predicted molar refractivity (Wildman–Crippen MR) is 103 cm³/mol. The van der Waals surface area contributed by atoms with E-state index < -0.39 is 17.8 Å². The first-order valence-electron chi connectivity index (χ1n) is 8.09. The minimum atomic E-state index is -0.766.